The van der Waals surface area contributed by atoms with E-state index in [9.17, 15) is 13.2 Å². The average molecular weight is 250 g/mol. The summed E-state index contributed by atoms with van der Waals surface area (Å²) >= 11 is 0. The molecule has 1 amide bonds. The molecule has 0 fully saturated rings. The zero-order valence-electron chi connectivity index (χ0n) is 8.67. The molecule has 0 spiro atoms. The van der Waals surface area contributed by atoms with E-state index in [2.05, 4.69) is 11.9 Å². The Labute approximate surface area is 116 Å². The minimum Gasteiger partial charge on any atom is -0.323 e. The maximum atomic E-state index is 10.9. The van der Waals surface area contributed by atoms with Gasteiger partial charge in [0, 0.05) is 35.2 Å². The van der Waals surface area contributed by atoms with E-state index in [1.54, 1.807) is 0 Å². The van der Waals surface area contributed by atoms with Crippen LogP contribution in [0.1, 0.15) is 0 Å². The van der Waals surface area contributed by atoms with Gasteiger partial charge in [0.15, 0.2) is 0 Å². The predicted molar refractivity (Wildman–Crippen MR) is 60.8 cm³/mol. The van der Waals surface area contributed by atoms with Crippen LogP contribution in [-0.2, 0) is 14.9 Å². The number of hydrogen-bond acceptors (Lipinski definition) is 3. The van der Waals surface area contributed by atoms with E-state index < -0.39 is 16.0 Å². The van der Waals surface area contributed by atoms with Crippen LogP contribution in [0.5, 0.6) is 0 Å². The maximum absolute atomic E-state index is 10.9. The Bertz CT molecular complexity index is 481. The van der Waals surface area contributed by atoms with E-state index in [1.165, 1.54) is 24.3 Å². The zero-order chi connectivity index (χ0) is 11.5. The van der Waals surface area contributed by atoms with Gasteiger partial charge < -0.3 is 5.32 Å². The summed E-state index contributed by atoms with van der Waals surface area (Å²) < 4.78 is 30.0. The number of rotatable bonds is 3. The third kappa shape index (κ3) is 4.46. The number of amides is 1. The van der Waals surface area contributed by atoms with Crippen LogP contribution in [0.25, 0.3) is 0 Å². The first-order chi connectivity index (χ1) is 6.93. The van der Waals surface area contributed by atoms with Crippen molar-refractivity contribution in [2.24, 2.45) is 0 Å². The van der Waals surface area contributed by atoms with Crippen LogP contribution >= 0.6 is 0 Å². The van der Waals surface area contributed by atoms with Gasteiger partial charge in [-0.1, -0.05) is 6.58 Å². The smallest absolute Gasteiger partial charge is 0.294 e. The first kappa shape index (κ1) is 15.3. The molecule has 0 saturated heterocycles. The van der Waals surface area contributed by atoms with Crippen molar-refractivity contribution >= 4 is 51.3 Å². The Morgan fingerprint density at radius 1 is 1.31 bits per heavy atom. The largest absolute Gasteiger partial charge is 0.323 e. The van der Waals surface area contributed by atoms with Crippen molar-refractivity contribution in [2.75, 3.05) is 5.32 Å². The molecule has 0 saturated carbocycles. The Morgan fingerprint density at radius 3 is 2.19 bits per heavy atom. The SMILES string of the molecule is C=CC(=O)Nc1ccc(S(=O)(=O)O)cc1.[Na]. The third-order valence-corrected chi connectivity index (χ3v) is 2.47. The van der Waals surface area contributed by atoms with Gasteiger partial charge in [0.05, 0.1) is 4.90 Å². The standard InChI is InChI=1S/C9H9NO4S.Na/c1-2-9(11)10-7-3-5-8(6-4-7)15(12,13)14;/h2-6H,1H2,(H,10,11)(H,12,13,14);. The van der Waals surface area contributed by atoms with Gasteiger partial charge in [-0.05, 0) is 30.3 Å². The summed E-state index contributed by atoms with van der Waals surface area (Å²) in [5.74, 6) is -0.394. The van der Waals surface area contributed by atoms with Gasteiger partial charge in [-0.2, -0.15) is 8.42 Å². The molecule has 1 rings (SSSR count). The van der Waals surface area contributed by atoms with Gasteiger partial charge in [0.1, 0.15) is 0 Å². The Hall–Kier alpha value is -0.660. The number of benzene rings is 1. The summed E-state index contributed by atoms with van der Waals surface area (Å²) in [6, 6.07) is 5.11. The fourth-order valence-corrected chi connectivity index (χ4v) is 1.38. The fraction of sp³-hybridized carbons (Fsp3) is 0. The Balaban J connectivity index is 0.00000225. The molecule has 1 aromatic carbocycles. The van der Waals surface area contributed by atoms with Crippen LogP contribution in [0.15, 0.2) is 41.8 Å². The minimum absolute atomic E-state index is 0. The molecule has 0 aromatic heterocycles. The molecule has 0 unspecified atom stereocenters. The van der Waals surface area contributed by atoms with Crippen molar-refractivity contribution in [1.29, 1.82) is 0 Å². The van der Waals surface area contributed by atoms with Gasteiger partial charge in [0.25, 0.3) is 10.1 Å². The van der Waals surface area contributed by atoms with Crippen LogP contribution in [-0.4, -0.2) is 48.4 Å². The van der Waals surface area contributed by atoms with Gasteiger partial charge in [0.2, 0.25) is 5.91 Å². The molecule has 0 bridgehead atoms. The average Bonchev–Trinajstić information content (AvgIpc) is 2.17. The van der Waals surface area contributed by atoms with Crippen LogP contribution < -0.4 is 5.32 Å². The molecule has 16 heavy (non-hydrogen) atoms. The normalized spacial score (nSPS) is 10.1. The number of carbonyl (C=O) groups excluding carboxylic acids is 1. The van der Waals surface area contributed by atoms with E-state index in [-0.39, 0.29) is 34.5 Å². The molecule has 0 atom stereocenters. The van der Waals surface area contributed by atoms with Crippen LogP contribution in [0, 0.1) is 0 Å². The van der Waals surface area contributed by atoms with Crippen LogP contribution in [0.4, 0.5) is 5.69 Å². The van der Waals surface area contributed by atoms with Crippen LogP contribution in [0.3, 0.4) is 0 Å². The second-order valence-electron chi connectivity index (χ2n) is 2.69. The molecule has 1 aromatic rings. The molecule has 7 heteroatoms. The summed E-state index contributed by atoms with van der Waals surface area (Å²) in [7, 11) is -4.19. The summed E-state index contributed by atoms with van der Waals surface area (Å²) in [6.45, 7) is 3.27. The number of nitrogens with one attached hydrogen (secondary N) is 1. The number of carbonyl (C=O) groups is 1. The van der Waals surface area contributed by atoms with Crippen molar-refractivity contribution < 1.29 is 17.8 Å². The molecule has 2 N–H and O–H groups in total. The zero-order valence-corrected chi connectivity index (χ0v) is 11.5. The topological polar surface area (TPSA) is 83.5 Å². The summed E-state index contributed by atoms with van der Waals surface area (Å²) in [5, 5.41) is 2.44. The van der Waals surface area contributed by atoms with Crippen molar-refractivity contribution in [3.05, 3.63) is 36.9 Å². The molecule has 5 nitrogen and oxygen atoms in total. The van der Waals surface area contributed by atoms with E-state index >= 15 is 0 Å². The molecule has 0 aliphatic heterocycles. The molecular weight excluding hydrogens is 241 g/mol. The molecule has 1 radical (unpaired) electrons. The quantitative estimate of drug-likeness (QED) is 0.469. The minimum atomic E-state index is -4.19. The van der Waals surface area contributed by atoms with E-state index in [0.717, 1.165) is 6.08 Å². The summed E-state index contributed by atoms with van der Waals surface area (Å²) in [6.07, 6.45) is 1.09. The third-order valence-electron chi connectivity index (χ3n) is 1.61. The number of hydrogen-bond donors (Lipinski definition) is 2. The second-order valence-corrected chi connectivity index (χ2v) is 4.11. The number of anilines is 1. The predicted octanol–water partition coefficient (Wildman–Crippen LogP) is 0.677. The summed E-state index contributed by atoms with van der Waals surface area (Å²) in [5.41, 5.74) is 0.423. The van der Waals surface area contributed by atoms with Crippen molar-refractivity contribution in [3.8, 4) is 0 Å². The fourth-order valence-electron chi connectivity index (χ4n) is 0.904. The van der Waals surface area contributed by atoms with Gasteiger partial charge in [-0.25, -0.2) is 0 Å². The Morgan fingerprint density at radius 2 is 1.81 bits per heavy atom. The molecule has 81 valence electrons. The second kappa shape index (κ2) is 6.17. The van der Waals surface area contributed by atoms with E-state index in [1.807, 2.05) is 0 Å². The van der Waals surface area contributed by atoms with Gasteiger partial charge in [-0.15, -0.1) is 0 Å². The van der Waals surface area contributed by atoms with Crippen molar-refractivity contribution in [2.45, 2.75) is 4.90 Å². The van der Waals surface area contributed by atoms with Gasteiger partial charge in [-0.3, -0.25) is 9.35 Å². The van der Waals surface area contributed by atoms with E-state index in [0.29, 0.717) is 5.69 Å². The van der Waals surface area contributed by atoms with Crippen LogP contribution in [0.2, 0.25) is 0 Å². The first-order valence-electron chi connectivity index (χ1n) is 3.94. The maximum Gasteiger partial charge on any atom is 0.294 e. The molecule has 0 aliphatic rings. The Kier molecular flexibility index (Phi) is 5.91. The first-order valence-corrected chi connectivity index (χ1v) is 5.38. The monoisotopic (exact) mass is 250 g/mol. The van der Waals surface area contributed by atoms with Crippen molar-refractivity contribution in [1.82, 2.24) is 0 Å². The molecular formula is C9H9NNaO4S. The van der Waals surface area contributed by atoms with E-state index in [4.69, 9.17) is 4.55 Å². The molecule has 0 aliphatic carbocycles. The summed E-state index contributed by atoms with van der Waals surface area (Å²) in [4.78, 5) is 10.6. The van der Waals surface area contributed by atoms with Gasteiger partial charge >= 0.3 is 0 Å². The molecule has 0 heterocycles. The van der Waals surface area contributed by atoms with Crippen molar-refractivity contribution in [3.63, 3.8) is 0 Å².